The zero-order chi connectivity index (χ0) is 14.0. The summed E-state index contributed by atoms with van der Waals surface area (Å²) in [4.78, 5) is 0. The average molecular weight is 322 g/mol. The Kier molecular flexibility index (Phi) is 4.38. The molecule has 0 heterocycles. The van der Waals surface area contributed by atoms with E-state index in [0.717, 1.165) is 5.56 Å². The van der Waals surface area contributed by atoms with Crippen molar-refractivity contribution in [2.75, 3.05) is 7.05 Å². The Balaban J connectivity index is 2.57. The Hall–Kier alpha value is -1.19. The van der Waals surface area contributed by atoms with Gasteiger partial charge in [0.15, 0.2) is 0 Å². The maximum absolute atomic E-state index is 13.7. The van der Waals surface area contributed by atoms with Crippen LogP contribution in [0, 0.1) is 19.7 Å². The normalized spacial score (nSPS) is 12.5. The van der Waals surface area contributed by atoms with E-state index in [2.05, 4.69) is 47.2 Å². The van der Waals surface area contributed by atoms with Crippen molar-refractivity contribution in [3.63, 3.8) is 0 Å². The van der Waals surface area contributed by atoms with Gasteiger partial charge >= 0.3 is 0 Å². The van der Waals surface area contributed by atoms with Gasteiger partial charge in [-0.05, 0) is 65.1 Å². The molecule has 1 unspecified atom stereocenters. The highest BCUT2D eigenvalue weighted by Gasteiger charge is 2.18. The number of halogens is 2. The molecule has 2 aromatic carbocycles. The van der Waals surface area contributed by atoms with Gasteiger partial charge in [0.2, 0.25) is 0 Å². The molecule has 0 aliphatic rings. The smallest absolute Gasteiger partial charge is 0.137 e. The van der Waals surface area contributed by atoms with Crippen molar-refractivity contribution in [2.24, 2.45) is 0 Å². The quantitative estimate of drug-likeness (QED) is 0.876. The Labute approximate surface area is 122 Å². The lowest BCUT2D eigenvalue weighted by atomic mass is 9.93. The molecular formula is C16H17BrFN. The summed E-state index contributed by atoms with van der Waals surface area (Å²) >= 11 is 3.35. The monoisotopic (exact) mass is 321 g/mol. The molecule has 0 aliphatic carbocycles. The summed E-state index contributed by atoms with van der Waals surface area (Å²) in [6.45, 7) is 4.19. The minimum atomic E-state index is -0.233. The van der Waals surface area contributed by atoms with Gasteiger partial charge in [-0.25, -0.2) is 4.39 Å². The van der Waals surface area contributed by atoms with Crippen molar-refractivity contribution >= 4 is 15.9 Å². The number of aryl methyl sites for hydroxylation is 1. The lowest BCUT2D eigenvalue weighted by Gasteiger charge is -2.21. The summed E-state index contributed by atoms with van der Waals surface area (Å²) in [5, 5.41) is 3.27. The highest BCUT2D eigenvalue weighted by Crippen LogP contribution is 2.32. The number of benzene rings is 2. The van der Waals surface area contributed by atoms with Crippen LogP contribution in [0.4, 0.5) is 4.39 Å². The van der Waals surface area contributed by atoms with E-state index in [4.69, 9.17) is 0 Å². The van der Waals surface area contributed by atoms with Crippen molar-refractivity contribution in [3.8, 4) is 0 Å². The van der Waals surface area contributed by atoms with E-state index in [1.807, 2.05) is 19.2 Å². The predicted molar refractivity (Wildman–Crippen MR) is 80.9 cm³/mol. The second kappa shape index (κ2) is 5.85. The summed E-state index contributed by atoms with van der Waals surface area (Å²) in [6.07, 6.45) is 0. The SMILES string of the molecule is CNC(c1cccc(C)c1C)c1cccc(F)c1Br. The Morgan fingerprint density at radius 3 is 2.37 bits per heavy atom. The summed E-state index contributed by atoms with van der Waals surface area (Å²) < 4.78 is 14.2. The van der Waals surface area contributed by atoms with E-state index in [9.17, 15) is 4.39 Å². The predicted octanol–water partition coefficient (Wildman–Crippen LogP) is 4.51. The molecule has 0 bridgehead atoms. The van der Waals surface area contributed by atoms with E-state index >= 15 is 0 Å². The van der Waals surface area contributed by atoms with Gasteiger partial charge in [0.05, 0.1) is 10.5 Å². The van der Waals surface area contributed by atoms with Gasteiger partial charge in [-0.15, -0.1) is 0 Å². The molecule has 3 heteroatoms. The van der Waals surface area contributed by atoms with Crippen LogP contribution in [0.25, 0.3) is 0 Å². The number of hydrogen-bond acceptors (Lipinski definition) is 1. The van der Waals surface area contributed by atoms with Crippen molar-refractivity contribution < 1.29 is 4.39 Å². The van der Waals surface area contributed by atoms with Crippen LogP contribution in [0.1, 0.15) is 28.3 Å². The minimum Gasteiger partial charge on any atom is -0.309 e. The maximum atomic E-state index is 13.7. The minimum absolute atomic E-state index is 0.0232. The van der Waals surface area contributed by atoms with Gasteiger partial charge in [0.1, 0.15) is 5.82 Å². The van der Waals surface area contributed by atoms with Gasteiger partial charge in [-0.2, -0.15) is 0 Å². The molecule has 0 aliphatic heterocycles. The fourth-order valence-corrected chi connectivity index (χ4v) is 2.80. The third-order valence-corrected chi connectivity index (χ3v) is 4.38. The molecule has 0 radical (unpaired) electrons. The topological polar surface area (TPSA) is 12.0 Å². The van der Waals surface area contributed by atoms with Gasteiger partial charge < -0.3 is 5.32 Å². The van der Waals surface area contributed by atoms with Crippen LogP contribution in [0.2, 0.25) is 0 Å². The van der Waals surface area contributed by atoms with Crippen LogP contribution in [-0.4, -0.2) is 7.05 Å². The molecule has 19 heavy (non-hydrogen) atoms. The first kappa shape index (κ1) is 14.2. The highest BCUT2D eigenvalue weighted by molar-refractivity contribution is 9.10. The fourth-order valence-electron chi connectivity index (χ4n) is 2.31. The standard InChI is InChI=1S/C16H17BrFN/c1-10-6-4-7-12(11(10)2)16(19-3)13-8-5-9-14(18)15(13)17/h4-9,16,19H,1-3H3. The van der Waals surface area contributed by atoms with E-state index in [1.54, 1.807) is 6.07 Å². The lowest BCUT2D eigenvalue weighted by Crippen LogP contribution is -2.19. The third-order valence-electron chi connectivity index (χ3n) is 3.54. The first-order valence-electron chi connectivity index (χ1n) is 6.23. The van der Waals surface area contributed by atoms with Crippen molar-refractivity contribution in [1.29, 1.82) is 0 Å². The maximum Gasteiger partial charge on any atom is 0.137 e. The highest BCUT2D eigenvalue weighted by atomic mass is 79.9. The number of hydrogen-bond donors (Lipinski definition) is 1. The fraction of sp³-hybridized carbons (Fsp3) is 0.250. The van der Waals surface area contributed by atoms with E-state index < -0.39 is 0 Å². The molecule has 2 rings (SSSR count). The molecule has 1 N–H and O–H groups in total. The molecule has 0 aromatic heterocycles. The summed E-state index contributed by atoms with van der Waals surface area (Å²) in [6, 6.07) is 11.3. The van der Waals surface area contributed by atoms with Crippen LogP contribution in [0.3, 0.4) is 0 Å². The zero-order valence-corrected chi connectivity index (χ0v) is 12.9. The number of rotatable bonds is 3. The molecule has 100 valence electrons. The molecule has 0 spiro atoms. The second-order valence-electron chi connectivity index (χ2n) is 4.65. The van der Waals surface area contributed by atoms with Gasteiger partial charge in [0, 0.05) is 0 Å². The van der Waals surface area contributed by atoms with Gasteiger partial charge in [-0.1, -0.05) is 30.3 Å². The van der Waals surface area contributed by atoms with Gasteiger partial charge in [-0.3, -0.25) is 0 Å². The molecule has 0 saturated carbocycles. The van der Waals surface area contributed by atoms with Crippen LogP contribution < -0.4 is 5.32 Å². The Morgan fingerprint density at radius 2 is 1.68 bits per heavy atom. The molecular weight excluding hydrogens is 305 g/mol. The first-order chi connectivity index (χ1) is 9.06. The second-order valence-corrected chi connectivity index (χ2v) is 5.45. The van der Waals surface area contributed by atoms with Crippen molar-refractivity contribution in [2.45, 2.75) is 19.9 Å². The first-order valence-corrected chi connectivity index (χ1v) is 7.03. The summed E-state index contributed by atoms with van der Waals surface area (Å²) in [7, 11) is 1.89. The largest absolute Gasteiger partial charge is 0.309 e. The van der Waals surface area contributed by atoms with Crippen LogP contribution in [0.5, 0.6) is 0 Å². The lowest BCUT2D eigenvalue weighted by molar-refractivity contribution is 0.607. The van der Waals surface area contributed by atoms with E-state index in [-0.39, 0.29) is 11.9 Å². The van der Waals surface area contributed by atoms with Crippen LogP contribution >= 0.6 is 15.9 Å². The van der Waals surface area contributed by atoms with Crippen LogP contribution in [-0.2, 0) is 0 Å². The molecule has 2 aromatic rings. The van der Waals surface area contributed by atoms with Crippen molar-refractivity contribution in [3.05, 3.63) is 68.9 Å². The molecule has 1 nitrogen and oxygen atoms in total. The van der Waals surface area contributed by atoms with Crippen molar-refractivity contribution in [1.82, 2.24) is 5.32 Å². The molecule has 0 amide bonds. The summed E-state index contributed by atoms with van der Waals surface area (Å²) in [5.74, 6) is -0.233. The molecule has 1 atom stereocenters. The molecule has 0 fully saturated rings. The molecule has 0 saturated heterocycles. The zero-order valence-electron chi connectivity index (χ0n) is 11.3. The third kappa shape index (κ3) is 2.72. The summed E-state index contributed by atoms with van der Waals surface area (Å²) in [5.41, 5.74) is 4.56. The Morgan fingerprint density at radius 1 is 1.05 bits per heavy atom. The van der Waals surface area contributed by atoms with E-state index in [0.29, 0.717) is 4.47 Å². The van der Waals surface area contributed by atoms with E-state index in [1.165, 1.54) is 22.8 Å². The van der Waals surface area contributed by atoms with Gasteiger partial charge in [0.25, 0.3) is 0 Å². The Bertz CT molecular complexity index is 544. The van der Waals surface area contributed by atoms with Crippen LogP contribution in [0.15, 0.2) is 40.9 Å². The average Bonchev–Trinajstić information content (AvgIpc) is 2.40. The number of nitrogens with one attached hydrogen (secondary N) is 1.